The summed E-state index contributed by atoms with van der Waals surface area (Å²) >= 11 is 0. The molecule has 0 radical (unpaired) electrons. The van der Waals surface area contributed by atoms with Crippen molar-refractivity contribution in [2.75, 3.05) is 39.7 Å². The van der Waals surface area contributed by atoms with E-state index in [0.29, 0.717) is 66.2 Å². The first-order chi connectivity index (χ1) is 20.4. The fourth-order valence-corrected chi connectivity index (χ4v) is 6.90. The Morgan fingerprint density at radius 2 is 1.74 bits per heavy atom. The van der Waals surface area contributed by atoms with Crippen molar-refractivity contribution in [3.05, 3.63) is 78.1 Å². The smallest absolute Gasteiger partial charge is 0.243 e. The van der Waals surface area contributed by atoms with Gasteiger partial charge in [0.2, 0.25) is 16.0 Å². The highest BCUT2D eigenvalue weighted by atomic mass is 32.2. The molecule has 218 valence electrons. The molecule has 11 nitrogen and oxygen atoms in total. The molecule has 3 aromatic carbocycles. The lowest BCUT2D eigenvalue weighted by molar-refractivity contribution is 0.309. The highest BCUT2D eigenvalue weighted by molar-refractivity contribution is 7.89. The predicted octanol–water partition coefficient (Wildman–Crippen LogP) is 4.48. The fourth-order valence-electron chi connectivity index (χ4n) is 5.36. The van der Waals surface area contributed by atoms with Crippen LogP contribution in [0.5, 0.6) is 17.2 Å². The summed E-state index contributed by atoms with van der Waals surface area (Å²) in [6.07, 6.45) is 1.49. The number of para-hydroxylation sites is 1. The van der Waals surface area contributed by atoms with E-state index >= 15 is 0 Å². The summed E-state index contributed by atoms with van der Waals surface area (Å²) in [7, 11) is 1.21. The highest BCUT2D eigenvalue weighted by Gasteiger charge is 2.33. The van der Waals surface area contributed by atoms with Crippen LogP contribution in [-0.4, -0.2) is 66.7 Å². The Hall–Kier alpha value is -4.42. The van der Waals surface area contributed by atoms with E-state index in [2.05, 4.69) is 5.32 Å². The Morgan fingerprint density at radius 3 is 2.50 bits per heavy atom. The molecule has 1 aliphatic heterocycles. The number of rotatable bonds is 9. The van der Waals surface area contributed by atoms with Gasteiger partial charge in [-0.2, -0.15) is 8.82 Å². The van der Waals surface area contributed by atoms with E-state index in [4.69, 9.17) is 29.3 Å². The Morgan fingerprint density at radius 1 is 0.929 bits per heavy atom. The maximum Gasteiger partial charge on any atom is 0.243 e. The molecule has 1 atom stereocenters. The summed E-state index contributed by atoms with van der Waals surface area (Å²) in [6, 6.07) is 19.8. The van der Waals surface area contributed by atoms with Gasteiger partial charge in [0, 0.05) is 42.6 Å². The maximum absolute atomic E-state index is 13.4. The van der Waals surface area contributed by atoms with Gasteiger partial charge in [-0.25, -0.2) is 18.4 Å². The van der Waals surface area contributed by atoms with Crippen LogP contribution in [0.15, 0.2) is 71.6 Å². The number of hydrogen-bond donors (Lipinski definition) is 1. The second-order valence-electron chi connectivity index (χ2n) is 10.0. The zero-order valence-electron chi connectivity index (χ0n) is 23.6. The Balaban J connectivity index is 1.38. The van der Waals surface area contributed by atoms with Crippen LogP contribution in [0.1, 0.15) is 30.1 Å². The molecule has 0 spiro atoms. The van der Waals surface area contributed by atoms with Crippen molar-refractivity contribution in [3.63, 3.8) is 0 Å². The largest absolute Gasteiger partial charge is 0.497 e. The monoisotopic (exact) mass is 588 g/mol. The van der Waals surface area contributed by atoms with E-state index in [-0.39, 0.29) is 10.8 Å². The molecule has 3 heterocycles. The average Bonchev–Trinajstić information content (AvgIpc) is 3.50. The van der Waals surface area contributed by atoms with Crippen LogP contribution in [0.25, 0.3) is 16.6 Å². The molecule has 1 aliphatic rings. The molecule has 42 heavy (non-hydrogen) atoms. The molecule has 1 unspecified atom stereocenters. The third-order valence-corrected chi connectivity index (χ3v) is 9.44. The van der Waals surface area contributed by atoms with Crippen LogP contribution in [0.3, 0.4) is 0 Å². The van der Waals surface area contributed by atoms with Gasteiger partial charge in [0.15, 0.2) is 11.5 Å². The zero-order valence-corrected chi connectivity index (χ0v) is 24.5. The number of hydrogen-bond acceptors (Lipinski definition) is 9. The van der Waals surface area contributed by atoms with Gasteiger partial charge in [-0.1, -0.05) is 24.3 Å². The summed E-state index contributed by atoms with van der Waals surface area (Å²) in [5, 5.41) is 9.06. The van der Waals surface area contributed by atoms with Gasteiger partial charge >= 0.3 is 0 Å². The van der Waals surface area contributed by atoms with Gasteiger partial charge in [0.1, 0.15) is 22.8 Å². The number of fused-ring (bicyclic) bond motifs is 3. The summed E-state index contributed by atoms with van der Waals surface area (Å²) in [6.45, 7) is 1.16. The van der Waals surface area contributed by atoms with Crippen molar-refractivity contribution in [2.24, 2.45) is 0 Å². The number of nitrogens with one attached hydrogen (secondary N) is 1. The number of anilines is 1. The average molecular weight is 589 g/mol. The number of nitrogens with zero attached hydrogens (tertiary/aromatic N) is 5. The third-order valence-electron chi connectivity index (χ3n) is 7.56. The lowest BCUT2D eigenvalue weighted by Gasteiger charge is -2.30. The molecule has 0 amide bonds. The lowest BCUT2D eigenvalue weighted by atomic mass is 9.99. The van der Waals surface area contributed by atoms with Crippen LogP contribution in [0, 0.1) is 0 Å². The van der Waals surface area contributed by atoms with Crippen molar-refractivity contribution in [3.8, 4) is 17.2 Å². The van der Waals surface area contributed by atoms with Gasteiger partial charge < -0.3 is 19.5 Å². The minimum Gasteiger partial charge on any atom is -0.497 e. The normalized spacial score (nSPS) is 16.0. The van der Waals surface area contributed by atoms with E-state index in [1.54, 1.807) is 50.1 Å². The highest BCUT2D eigenvalue weighted by Crippen LogP contribution is 2.33. The molecule has 12 heteroatoms. The molecule has 0 bridgehead atoms. The van der Waals surface area contributed by atoms with E-state index in [9.17, 15) is 8.42 Å². The summed E-state index contributed by atoms with van der Waals surface area (Å²) in [4.78, 5) is 10.1. The number of methoxy groups -OCH3 is 3. The first kappa shape index (κ1) is 27.7. The molecular formula is C30H32N6O5S. The van der Waals surface area contributed by atoms with Crippen LogP contribution >= 0.6 is 0 Å². The van der Waals surface area contributed by atoms with Gasteiger partial charge in [0.25, 0.3) is 0 Å². The molecule has 6 rings (SSSR count). The maximum atomic E-state index is 13.4. The molecule has 1 N–H and O–H groups in total. The molecule has 5 aromatic rings. The van der Waals surface area contributed by atoms with Crippen molar-refractivity contribution in [1.82, 2.24) is 23.9 Å². The summed E-state index contributed by atoms with van der Waals surface area (Å²) in [5.74, 6) is 2.86. The van der Waals surface area contributed by atoms with Crippen molar-refractivity contribution >= 4 is 32.5 Å². The van der Waals surface area contributed by atoms with Crippen LogP contribution in [0.2, 0.25) is 0 Å². The SMILES string of the molecule is COc1ccc(CNc2nc3c(OC)cccc3c3nc(C4CCCN(S(=O)(=O)c5ccccc5)C4)nn23)c(OC)c1. The minimum atomic E-state index is -3.63. The van der Waals surface area contributed by atoms with Gasteiger partial charge in [-0.05, 0) is 49.2 Å². The van der Waals surface area contributed by atoms with Crippen molar-refractivity contribution in [2.45, 2.75) is 30.2 Å². The molecule has 2 aromatic heterocycles. The first-order valence-corrected chi connectivity index (χ1v) is 15.1. The number of sulfonamides is 1. The quantitative estimate of drug-likeness (QED) is 0.266. The number of aromatic nitrogens is 4. The molecular weight excluding hydrogens is 556 g/mol. The fraction of sp³-hybridized carbons (Fsp3) is 0.300. The number of ether oxygens (including phenoxy) is 3. The number of piperidine rings is 1. The van der Waals surface area contributed by atoms with E-state index in [0.717, 1.165) is 17.4 Å². The predicted molar refractivity (Wildman–Crippen MR) is 159 cm³/mol. The van der Waals surface area contributed by atoms with Crippen LogP contribution in [-0.2, 0) is 16.6 Å². The van der Waals surface area contributed by atoms with E-state index in [1.807, 2.05) is 42.5 Å². The number of benzene rings is 3. The second kappa shape index (κ2) is 11.5. The van der Waals surface area contributed by atoms with E-state index < -0.39 is 10.0 Å². The zero-order chi connectivity index (χ0) is 29.3. The standard InChI is InChI=1S/C30H32N6O5S/c1-39-22-15-14-20(26(17-22)41-3)18-31-30-32-27-24(12-7-13-25(27)40-2)29-33-28(34-36(29)30)21-9-8-16-35(19-21)42(37,38)23-10-5-4-6-11-23/h4-7,10-15,17,21H,8-9,16,18-19H2,1-3H3,(H,31,32). The minimum absolute atomic E-state index is 0.174. The van der Waals surface area contributed by atoms with Gasteiger partial charge in [0.05, 0.1) is 26.2 Å². The van der Waals surface area contributed by atoms with Crippen LogP contribution < -0.4 is 19.5 Å². The molecule has 1 fully saturated rings. The Labute approximate surface area is 244 Å². The van der Waals surface area contributed by atoms with Crippen molar-refractivity contribution < 1.29 is 22.6 Å². The summed E-state index contributed by atoms with van der Waals surface area (Å²) < 4.78 is 46.5. The van der Waals surface area contributed by atoms with Gasteiger partial charge in [-0.3, -0.25) is 0 Å². The first-order valence-electron chi connectivity index (χ1n) is 13.7. The van der Waals surface area contributed by atoms with E-state index in [1.165, 1.54) is 4.31 Å². The van der Waals surface area contributed by atoms with Crippen LogP contribution in [0.4, 0.5) is 5.95 Å². The van der Waals surface area contributed by atoms with Crippen molar-refractivity contribution in [1.29, 1.82) is 0 Å². The molecule has 0 saturated carbocycles. The topological polar surface area (TPSA) is 120 Å². The second-order valence-corrected chi connectivity index (χ2v) is 12.0. The summed E-state index contributed by atoms with van der Waals surface area (Å²) in [5.41, 5.74) is 2.16. The Bertz CT molecular complexity index is 1840. The lowest BCUT2D eigenvalue weighted by Crippen LogP contribution is -2.39. The molecule has 1 saturated heterocycles. The molecule has 0 aliphatic carbocycles. The Kier molecular flexibility index (Phi) is 7.56. The third kappa shape index (κ3) is 5.07. The van der Waals surface area contributed by atoms with Gasteiger partial charge in [-0.15, -0.1) is 5.10 Å².